The van der Waals surface area contributed by atoms with Crippen molar-refractivity contribution in [2.45, 2.75) is 49.3 Å². The molecule has 2 aliphatic rings. The highest BCUT2D eigenvalue weighted by molar-refractivity contribution is 7.91. The van der Waals surface area contributed by atoms with Crippen LogP contribution in [0.25, 0.3) is 10.6 Å². The average Bonchev–Trinajstić information content (AvgIpc) is 3.45. The summed E-state index contributed by atoms with van der Waals surface area (Å²) in [5.41, 5.74) is 0.0727. The maximum Gasteiger partial charge on any atom is 0.360 e. The Morgan fingerprint density at radius 2 is 1.93 bits per heavy atom. The molecule has 0 aromatic carbocycles. The van der Waals surface area contributed by atoms with Crippen LogP contribution in [0.4, 0.5) is 0 Å². The van der Waals surface area contributed by atoms with Crippen LogP contribution >= 0.6 is 11.3 Å². The van der Waals surface area contributed by atoms with Crippen LogP contribution in [0.5, 0.6) is 0 Å². The lowest BCUT2D eigenvalue weighted by Gasteiger charge is -2.40. The maximum absolute atomic E-state index is 13.1. The van der Waals surface area contributed by atoms with Crippen molar-refractivity contribution < 1.29 is 22.5 Å². The zero-order chi connectivity index (χ0) is 21.1. The molecule has 0 atom stereocenters. The molecule has 1 saturated carbocycles. The van der Waals surface area contributed by atoms with Gasteiger partial charge in [-0.25, -0.2) is 13.2 Å². The Kier molecular flexibility index (Phi) is 6.57. The van der Waals surface area contributed by atoms with E-state index in [1.807, 2.05) is 0 Å². The summed E-state index contributed by atoms with van der Waals surface area (Å²) in [5.74, 6) is -0.209. The van der Waals surface area contributed by atoms with Crippen LogP contribution in [-0.2, 0) is 14.8 Å². The molecule has 1 aliphatic carbocycles. The number of piperazine rings is 1. The summed E-state index contributed by atoms with van der Waals surface area (Å²) in [6.07, 6.45) is 6.33. The van der Waals surface area contributed by atoms with Gasteiger partial charge in [0.1, 0.15) is 4.21 Å². The number of hydrogen-bond donors (Lipinski definition) is 0. The predicted molar refractivity (Wildman–Crippen MR) is 113 cm³/mol. The second-order valence-electron chi connectivity index (χ2n) is 7.65. The van der Waals surface area contributed by atoms with Crippen molar-refractivity contribution in [2.24, 2.45) is 0 Å². The minimum Gasteiger partial charge on any atom is -0.461 e. The van der Waals surface area contributed by atoms with E-state index in [0.717, 1.165) is 24.4 Å². The van der Waals surface area contributed by atoms with E-state index in [1.165, 1.54) is 38.2 Å². The van der Waals surface area contributed by atoms with Crippen molar-refractivity contribution in [2.75, 3.05) is 32.8 Å². The van der Waals surface area contributed by atoms with Gasteiger partial charge in [-0.1, -0.05) is 24.4 Å². The van der Waals surface area contributed by atoms with Crippen LogP contribution in [-0.4, -0.2) is 67.6 Å². The highest BCUT2D eigenvalue weighted by Gasteiger charge is 2.32. The van der Waals surface area contributed by atoms with Gasteiger partial charge in [0.15, 0.2) is 11.5 Å². The van der Waals surface area contributed by atoms with Crippen LogP contribution in [0.3, 0.4) is 0 Å². The fourth-order valence-electron chi connectivity index (χ4n) is 4.17. The number of thiophene rings is 1. The normalized spacial score (nSPS) is 19.8. The first-order valence-electron chi connectivity index (χ1n) is 10.5. The molecule has 0 radical (unpaired) electrons. The molecule has 2 aromatic rings. The number of carbonyl (C=O) groups is 1. The van der Waals surface area contributed by atoms with E-state index in [-0.39, 0.29) is 16.5 Å². The lowest BCUT2D eigenvalue weighted by atomic mass is 9.94. The van der Waals surface area contributed by atoms with Crippen molar-refractivity contribution in [1.82, 2.24) is 14.4 Å². The van der Waals surface area contributed by atoms with Gasteiger partial charge in [-0.2, -0.15) is 4.31 Å². The third-order valence-electron chi connectivity index (χ3n) is 5.78. The molecule has 3 heterocycles. The molecule has 0 unspecified atom stereocenters. The fourth-order valence-corrected chi connectivity index (χ4v) is 7.00. The molecule has 0 N–H and O–H groups in total. The van der Waals surface area contributed by atoms with Crippen LogP contribution in [0.2, 0.25) is 0 Å². The van der Waals surface area contributed by atoms with Crippen molar-refractivity contribution in [1.29, 1.82) is 0 Å². The number of nitrogens with zero attached hydrogens (tertiary/aromatic N) is 3. The summed E-state index contributed by atoms with van der Waals surface area (Å²) in [6.45, 7) is 4.56. The minimum atomic E-state index is -3.55. The van der Waals surface area contributed by atoms with Gasteiger partial charge in [0.2, 0.25) is 0 Å². The Balaban J connectivity index is 1.42. The van der Waals surface area contributed by atoms with Crippen LogP contribution in [0.15, 0.2) is 26.9 Å². The largest absolute Gasteiger partial charge is 0.461 e. The van der Waals surface area contributed by atoms with Gasteiger partial charge in [0.05, 0.1) is 11.5 Å². The number of rotatable bonds is 6. The molecule has 10 heteroatoms. The minimum absolute atomic E-state index is 0.0727. The Labute approximate surface area is 180 Å². The van der Waals surface area contributed by atoms with Crippen LogP contribution in [0.1, 0.15) is 49.5 Å². The summed E-state index contributed by atoms with van der Waals surface area (Å²) in [5, 5.41) is 3.72. The molecular weight excluding hydrogens is 426 g/mol. The summed E-state index contributed by atoms with van der Waals surface area (Å²) < 4.78 is 38.2. The molecule has 0 bridgehead atoms. The molecule has 164 valence electrons. The quantitative estimate of drug-likeness (QED) is 0.620. The van der Waals surface area contributed by atoms with Crippen LogP contribution < -0.4 is 0 Å². The molecule has 2 fully saturated rings. The third-order valence-corrected chi connectivity index (χ3v) is 9.24. The Bertz CT molecular complexity index is 970. The standard InChI is InChI=1S/C20H27N3O5S2/c1-2-27-20(24)16-14-17(28-21-16)18-8-9-19(29-18)30(25,26)23-12-10-22(11-13-23)15-6-4-3-5-7-15/h8-9,14-15H,2-7,10-13H2,1H3. The topological polar surface area (TPSA) is 93.0 Å². The van der Waals surface area contributed by atoms with Gasteiger partial charge >= 0.3 is 5.97 Å². The molecule has 0 amide bonds. The molecule has 0 spiro atoms. The number of carbonyl (C=O) groups excluding carboxylic acids is 1. The number of hydrogen-bond acceptors (Lipinski definition) is 8. The number of aromatic nitrogens is 1. The molecule has 30 heavy (non-hydrogen) atoms. The van der Waals surface area contributed by atoms with Gasteiger partial charge < -0.3 is 9.26 Å². The van der Waals surface area contributed by atoms with Crippen LogP contribution in [0, 0.1) is 0 Å². The summed E-state index contributed by atoms with van der Waals surface area (Å²) in [6, 6.07) is 5.36. The Morgan fingerprint density at radius 3 is 2.63 bits per heavy atom. The lowest BCUT2D eigenvalue weighted by molar-refractivity contribution is 0.0514. The first-order chi connectivity index (χ1) is 14.5. The van der Waals surface area contributed by atoms with E-state index in [9.17, 15) is 13.2 Å². The predicted octanol–water partition coefficient (Wildman–Crippen LogP) is 3.22. The van der Waals surface area contributed by atoms with E-state index in [2.05, 4.69) is 10.1 Å². The molecule has 1 aliphatic heterocycles. The van der Waals surface area contributed by atoms with Crippen molar-refractivity contribution in [3.8, 4) is 10.6 Å². The van der Waals surface area contributed by atoms with E-state index in [0.29, 0.717) is 29.8 Å². The summed E-state index contributed by atoms with van der Waals surface area (Å²) >= 11 is 1.12. The highest BCUT2D eigenvalue weighted by Crippen LogP contribution is 2.33. The van der Waals surface area contributed by atoms with Gasteiger partial charge in [-0.05, 0) is 31.9 Å². The van der Waals surface area contributed by atoms with Gasteiger partial charge in [-0.3, -0.25) is 4.90 Å². The molecular formula is C20H27N3O5S2. The second kappa shape index (κ2) is 9.17. The van der Waals surface area contributed by atoms with E-state index in [4.69, 9.17) is 9.26 Å². The number of ether oxygens (including phenoxy) is 1. The molecule has 2 aromatic heterocycles. The van der Waals surface area contributed by atoms with Crippen molar-refractivity contribution >= 4 is 27.3 Å². The van der Waals surface area contributed by atoms with E-state index in [1.54, 1.807) is 23.4 Å². The van der Waals surface area contributed by atoms with Crippen molar-refractivity contribution in [3.05, 3.63) is 23.9 Å². The molecule has 1 saturated heterocycles. The molecule has 8 nitrogen and oxygen atoms in total. The first kappa shape index (κ1) is 21.5. The Hall–Kier alpha value is -1.75. The number of sulfonamides is 1. The van der Waals surface area contributed by atoms with E-state index < -0.39 is 16.0 Å². The van der Waals surface area contributed by atoms with E-state index >= 15 is 0 Å². The maximum atomic E-state index is 13.1. The zero-order valence-electron chi connectivity index (χ0n) is 17.1. The smallest absolute Gasteiger partial charge is 0.360 e. The summed E-state index contributed by atoms with van der Waals surface area (Å²) in [7, 11) is -3.55. The lowest BCUT2D eigenvalue weighted by Crippen LogP contribution is -2.52. The summed E-state index contributed by atoms with van der Waals surface area (Å²) in [4.78, 5) is 14.8. The fraction of sp³-hybridized carbons (Fsp3) is 0.600. The Morgan fingerprint density at radius 1 is 1.20 bits per heavy atom. The highest BCUT2D eigenvalue weighted by atomic mass is 32.2. The average molecular weight is 454 g/mol. The van der Waals surface area contributed by atoms with Gasteiger partial charge in [0, 0.05) is 38.3 Å². The van der Waals surface area contributed by atoms with Gasteiger partial charge in [-0.15, -0.1) is 11.3 Å². The van der Waals surface area contributed by atoms with Crippen molar-refractivity contribution in [3.63, 3.8) is 0 Å². The third kappa shape index (κ3) is 4.46. The number of esters is 1. The van der Waals surface area contributed by atoms with Gasteiger partial charge in [0.25, 0.3) is 10.0 Å². The second-order valence-corrected chi connectivity index (χ2v) is 10.9. The SMILES string of the molecule is CCOC(=O)c1cc(-c2ccc(S(=O)(=O)N3CCN(C4CCCCC4)CC3)s2)on1. The zero-order valence-corrected chi connectivity index (χ0v) is 18.7. The monoisotopic (exact) mass is 453 g/mol. The molecule has 4 rings (SSSR count). The first-order valence-corrected chi connectivity index (χ1v) is 12.7.